The van der Waals surface area contributed by atoms with Crippen molar-refractivity contribution in [3.8, 4) is 0 Å². The summed E-state index contributed by atoms with van der Waals surface area (Å²) in [6, 6.07) is 7.71. The zero-order valence-electron chi connectivity index (χ0n) is 11.8. The molecule has 1 aliphatic carbocycles. The van der Waals surface area contributed by atoms with Gasteiger partial charge in [-0.25, -0.2) is 8.42 Å². The quantitative estimate of drug-likeness (QED) is 0.839. The Bertz CT molecular complexity index is 565. The number of fused-ring (bicyclic) bond motifs is 1. The van der Waals surface area contributed by atoms with Crippen LogP contribution in [0.1, 0.15) is 25.7 Å². The Balaban J connectivity index is 1.84. The third-order valence-electron chi connectivity index (χ3n) is 4.33. The smallest absolute Gasteiger partial charge is 0.175 e. The first-order valence-corrected chi connectivity index (χ1v) is 9.13. The number of ether oxygens (including phenoxy) is 1. The molecule has 0 N–H and O–H groups in total. The van der Waals surface area contributed by atoms with Crippen LogP contribution >= 0.6 is 0 Å². The first-order valence-electron chi connectivity index (χ1n) is 7.24. The molecule has 2 aliphatic rings. The maximum atomic E-state index is 11.5. The van der Waals surface area contributed by atoms with Crippen LogP contribution in [0, 0.1) is 0 Å². The Kier molecular flexibility index (Phi) is 3.73. The first-order chi connectivity index (χ1) is 9.55. The third-order valence-corrected chi connectivity index (χ3v) is 5.46. The zero-order chi connectivity index (χ0) is 14.2. The van der Waals surface area contributed by atoms with Gasteiger partial charge in [-0.05, 0) is 37.1 Å². The van der Waals surface area contributed by atoms with Gasteiger partial charge in [-0.3, -0.25) is 0 Å². The summed E-state index contributed by atoms with van der Waals surface area (Å²) in [6.45, 7) is 1.65. The average molecular weight is 295 g/mol. The lowest BCUT2D eigenvalue weighted by Crippen LogP contribution is -2.52. The molecule has 0 radical (unpaired) electrons. The maximum Gasteiger partial charge on any atom is 0.175 e. The minimum atomic E-state index is -3.12. The van der Waals surface area contributed by atoms with Gasteiger partial charge in [-0.2, -0.15) is 0 Å². The molecule has 0 aromatic heterocycles. The summed E-state index contributed by atoms with van der Waals surface area (Å²) in [5, 5.41) is 0. The highest BCUT2D eigenvalue weighted by molar-refractivity contribution is 7.90. The van der Waals surface area contributed by atoms with E-state index in [1.165, 1.54) is 25.5 Å². The van der Waals surface area contributed by atoms with Gasteiger partial charge < -0.3 is 9.64 Å². The molecule has 110 valence electrons. The molecular weight excluding hydrogens is 274 g/mol. The van der Waals surface area contributed by atoms with E-state index in [2.05, 4.69) is 4.90 Å². The average Bonchev–Trinajstić information content (AvgIpc) is 2.46. The highest BCUT2D eigenvalue weighted by Gasteiger charge is 2.34. The van der Waals surface area contributed by atoms with E-state index in [4.69, 9.17) is 4.74 Å². The van der Waals surface area contributed by atoms with Crippen LogP contribution < -0.4 is 4.90 Å². The molecule has 0 bridgehead atoms. The molecule has 1 aromatic carbocycles. The van der Waals surface area contributed by atoms with Crippen LogP contribution in [0.2, 0.25) is 0 Å². The van der Waals surface area contributed by atoms with Crippen LogP contribution in [-0.2, 0) is 14.6 Å². The molecule has 0 amide bonds. The fourth-order valence-corrected chi connectivity index (χ4v) is 3.93. The van der Waals surface area contributed by atoms with Crippen molar-refractivity contribution < 1.29 is 13.2 Å². The number of sulfone groups is 1. The van der Waals surface area contributed by atoms with Crippen LogP contribution in [0.3, 0.4) is 0 Å². The molecule has 0 spiro atoms. The predicted octanol–water partition coefficient (Wildman–Crippen LogP) is 2.24. The molecule has 1 saturated heterocycles. The van der Waals surface area contributed by atoms with E-state index in [1.54, 1.807) is 12.1 Å². The topological polar surface area (TPSA) is 46.6 Å². The zero-order valence-corrected chi connectivity index (χ0v) is 12.6. The second-order valence-corrected chi connectivity index (χ2v) is 7.74. The first kappa shape index (κ1) is 13.9. The van der Waals surface area contributed by atoms with Crippen LogP contribution in [0.5, 0.6) is 0 Å². The van der Waals surface area contributed by atoms with E-state index in [1.807, 2.05) is 12.1 Å². The lowest BCUT2D eigenvalue weighted by atomic mass is 9.90. The van der Waals surface area contributed by atoms with Crippen molar-refractivity contribution >= 4 is 15.5 Å². The van der Waals surface area contributed by atoms with E-state index < -0.39 is 9.84 Å². The van der Waals surface area contributed by atoms with Crippen molar-refractivity contribution in [1.29, 1.82) is 0 Å². The molecule has 1 heterocycles. The van der Waals surface area contributed by atoms with Gasteiger partial charge in [0, 0.05) is 18.5 Å². The summed E-state index contributed by atoms with van der Waals surface area (Å²) < 4.78 is 28.9. The van der Waals surface area contributed by atoms with Gasteiger partial charge in [0.2, 0.25) is 0 Å². The second-order valence-electron chi connectivity index (χ2n) is 5.72. The molecule has 5 heteroatoms. The Hall–Kier alpha value is -1.07. The van der Waals surface area contributed by atoms with Crippen LogP contribution in [-0.4, -0.2) is 40.0 Å². The molecule has 3 rings (SSSR count). The van der Waals surface area contributed by atoms with Gasteiger partial charge in [-0.15, -0.1) is 0 Å². The third kappa shape index (κ3) is 2.69. The van der Waals surface area contributed by atoms with Crippen molar-refractivity contribution in [2.24, 2.45) is 0 Å². The standard InChI is InChI=1S/C15H21NO3S/c1-20(17,18)13-8-6-12(7-9-13)16-10-11-19-15-5-3-2-4-14(15)16/h6-9,14-15H,2-5,10-11H2,1H3/t14-,15+/m1/s1. The van der Waals surface area contributed by atoms with E-state index >= 15 is 0 Å². The number of hydrogen-bond acceptors (Lipinski definition) is 4. The molecule has 1 aromatic rings. The van der Waals surface area contributed by atoms with Crippen molar-refractivity contribution in [2.45, 2.75) is 42.7 Å². The minimum absolute atomic E-state index is 0.340. The Labute approximate surface area is 120 Å². The number of benzene rings is 1. The molecule has 0 unspecified atom stereocenters. The van der Waals surface area contributed by atoms with Crippen molar-refractivity contribution in [1.82, 2.24) is 0 Å². The van der Waals surface area contributed by atoms with Gasteiger partial charge in [0.15, 0.2) is 9.84 Å². The summed E-state index contributed by atoms with van der Waals surface area (Å²) in [7, 11) is -3.12. The largest absolute Gasteiger partial charge is 0.374 e. The number of rotatable bonds is 2. The Morgan fingerprint density at radius 3 is 2.55 bits per heavy atom. The minimum Gasteiger partial charge on any atom is -0.374 e. The monoisotopic (exact) mass is 295 g/mol. The SMILES string of the molecule is CS(=O)(=O)c1ccc(N2CCO[C@H]3CCCC[C@H]32)cc1. The molecule has 4 nitrogen and oxygen atoms in total. The van der Waals surface area contributed by atoms with Gasteiger partial charge >= 0.3 is 0 Å². The predicted molar refractivity (Wildman–Crippen MR) is 78.9 cm³/mol. The van der Waals surface area contributed by atoms with Gasteiger partial charge in [0.05, 0.1) is 23.6 Å². The highest BCUT2D eigenvalue weighted by atomic mass is 32.2. The van der Waals surface area contributed by atoms with E-state index in [9.17, 15) is 8.42 Å². The maximum absolute atomic E-state index is 11.5. The second kappa shape index (κ2) is 5.37. The van der Waals surface area contributed by atoms with Crippen molar-refractivity contribution in [3.05, 3.63) is 24.3 Å². The number of nitrogens with zero attached hydrogens (tertiary/aromatic N) is 1. The normalized spacial score (nSPS) is 27.1. The van der Waals surface area contributed by atoms with Crippen LogP contribution in [0.15, 0.2) is 29.2 Å². The van der Waals surface area contributed by atoms with Crippen LogP contribution in [0.4, 0.5) is 5.69 Å². The molecule has 1 aliphatic heterocycles. The fraction of sp³-hybridized carbons (Fsp3) is 0.600. The molecule has 20 heavy (non-hydrogen) atoms. The number of anilines is 1. The lowest BCUT2D eigenvalue weighted by Gasteiger charge is -2.45. The lowest BCUT2D eigenvalue weighted by molar-refractivity contribution is -0.00868. The number of morpholine rings is 1. The summed E-state index contributed by atoms with van der Waals surface area (Å²) >= 11 is 0. The van der Waals surface area contributed by atoms with Gasteiger partial charge in [-0.1, -0.05) is 12.8 Å². The van der Waals surface area contributed by atoms with Gasteiger partial charge in [0.25, 0.3) is 0 Å². The Morgan fingerprint density at radius 2 is 1.85 bits per heavy atom. The molecule has 2 fully saturated rings. The highest BCUT2D eigenvalue weighted by Crippen LogP contribution is 2.32. The Morgan fingerprint density at radius 1 is 1.15 bits per heavy atom. The summed E-state index contributed by atoms with van der Waals surface area (Å²) in [6.07, 6.45) is 6.39. The fourth-order valence-electron chi connectivity index (χ4n) is 3.30. The summed E-state index contributed by atoms with van der Waals surface area (Å²) in [4.78, 5) is 2.77. The van der Waals surface area contributed by atoms with E-state index in [0.717, 1.165) is 25.3 Å². The molecule has 1 saturated carbocycles. The molecular formula is C15H21NO3S. The van der Waals surface area contributed by atoms with Crippen molar-refractivity contribution in [2.75, 3.05) is 24.3 Å². The number of hydrogen-bond donors (Lipinski definition) is 0. The van der Waals surface area contributed by atoms with E-state index in [-0.39, 0.29) is 0 Å². The van der Waals surface area contributed by atoms with E-state index in [0.29, 0.717) is 17.0 Å². The summed E-state index contributed by atoms with van der Waals surface area (Å²) in [5.74, 6) is 0. The van der Waals surface area contributed by atoms with Crippen LogP contribution in [0.25, 0.3) is 0 Å². The molecule has 2 atom stereocenters. The van der Waals surface area contributed by atoms with Gasteiger partial charge in [0.1, 0.15) is 0 Å². The summed E-state index contributed by atoms with van der Waals surface area (Å²) in [5.41, 5.74) is 1.11. The van der Waals surface area contributed by atoms with Crippen molar-refractivity contribution in [3.63, 3.8) is 0 Å².